The van der Waals surface area contributed by atoms with Gasteiger partial charge in [0, 0.05) is 16.1 Å². The molecule has 0 saturated carbocycles. The van der Waals surface area contributed by atoms with Crippen LogP contribution in [0.2, 0.25) is 5.02 Å². The Morgan fingerprint density at radius 1 is 1.27 bits per heavy atom. The van der Waals surface area contributed by atoms with Crippen LogP contribution >= 0.6 is 34.2 Å². The number of anilines is 1. The highest BCUT2D eigenvalue weighted by atomic mass is 127. The minimum absolute atomic E-state index is 0.0743. The predicted octanol–water partition coefficient (Wildman–Crippen LogP) is 3.43. The number of para-hydroxylation sites is 1. The zero-order valence-corrected chi connectivity index (χ0v) is 14.0. The number of carbonyl (C=O) groups is 1. The van der Waals surface area contributed by atoms with Crippen molar-refractivity contribution in [3.05, 3.63) is 56.1 Å². The second-order valence-electron chi connectivity index (χ2n) is 4.52. The summed E-state index contributed by atoms with van der Waals surface area (Å²) in [5.41, 5.74) is 2.09. The Labute approximate surface area is 144 Å². The molecule has 22 heavy (non-hydrogen) atoms. The van der Waals surface area contributed by atoms with Gasteiger partial charge < -0.3 is 10.4 Å². The van der Waals surface area contributed by atoms with E-state index in [0.29, 0.717) is 25.4 Å². The Kier molecular flexibility index (Phi) is 4.12. The summed E-state index contributed by atoms with van der Waals surface area (Å²) in [5.74, 6) is -0.228. The lowest BCUT2D eigenvalue weighted by Crippen LogP contribution is -2.13. The van der Waals surface area contributed by atoms with Crippen molar-refractivity contribution in [1.82, 2.24) is 0 Å². The van der Waals surface area contributed by atoms with E-state index in [0.717, 1.165) is 0 Å². The van der Waals surface area contributed by atoms with Gasteiger partial charge in [0.2, 0.25) is 0 Å². The molecular weight excluding hydrogens is 417 g/mol. The van der Waals surface area contributed by atoms with Gasteiger partial charge in [-0.25, -0.2) is 0 Å². The Bertz CT molecular complexity index is 834. The minimum atomic E-state index is -0.303. The van der Waals surface area contributed by atoms with Crippen LogP contribution in [0.4, 0.5) is 5.69 Å². The molecule has 2 aromatic carbocycles. The summed E-state index contributed by atoms with van der Waals surface area (Å²) >= 11 is 7.91. The molecule has 0 aromatic heterocycles. The first-order valence-corrected chi connectivity index (χ1v) is 7.71. The minimum Gasteiger partial charge on any atom is -0.506 e. The van der Waals surface area contributed by atoms with Crippen LogP contribution in [0.1, 0.15) is 11.1 Å². The first-order valence-electron chi connectivity index (χ1n) is 6.26. The molecule has 7 heteroatoms. The zero-order valence-electron chi connectivity index (χ0n) is 11.0. The van der Waals surface area contributed by atoms with Crippen LogP contribution in [0.5, 0.6) is 5.75 Å². The Hall–Kier alpha value is -1.93. The number of nitrogens with one attached hydrogen (secondary N) is 1. The quantitative estimate of drug-likeness (QED) is 0.439. The average Bonchev–Trinajstić information content (AvgIpc) is 2.80. The molecule has 0 fully saturated rings. The molecule has 0 atom stereocenters. The summed E-state index contributed by atoms with van der Waals surface area (Å²) in [6, 6.07) is 10.5. The van der Waals surface area contributed by atoms with E-state index in [1.54, 1.807) is 24.3 Å². The molecule has 0 aliphatic carbocycles. The first-order chi connectivity index (χ1) is 10.6. The van der Waals surface area contributed by atoms with Crippen molar-refractivity contribution >= 4 is 57.7 Å². The van der Waals surface area contributed by atoms with E-state index in [1.165, 1.54) is 6.21 Å². The van der Waals surface area contributed by atoms with Crippen molar-refractivity contribution in [1.29, 1.82) is 0 Å². The lowest BCUT2D eigenvalue weighted by atomic mass is 10.1. The molecule has 0 saturated heterocycles. The Balaban J connectivity index is 1.93. The fourth-order valence-electron chi connectivity index (χ4n) is 2.03. The number of aromatic hydroxyl groups is 1. The third-order valence-corrected chi connectivity index (χ3v) is 4.10. The molecule has 1 aliphatic heterocycles. The molecule has 1 aliphatic rings. The van der Waals surface area contributed by atoms with E-state index in [9.17, 15) is 9.90 Å². The summed E-state index contributed by atoms with van der Waals surface area (Å²) in [7, 11) is 0. The standard InChI is InChI=1S/C15H9ClIN3O2/c16-9-5-8(14(21)11(17)6-9)7-18-20-13-10-3-1-2-4-12(10)19-15(13)22/h1-7,21H,(H,19,20,22)/b18-7-. The number of halogens is 2. The predicted molar refractivity (Wildman–Crippen MR) is 95.0 cm³/mol. The SMILES string of the molecule is O=C1Nc2ccccc2/C1=N\N=C/c1cc(Cl)cc(I)c1O. The number of fused-ring (bicyclic) bond motifs is 1. The van der Waals surface area contributed by atoms with Gasteiger partial charge in [-0.2, -0.15) is 5.10 Å². The van der Waals surface area contributed by atoms with E-state index >= 15 is 0 Å². The van der Waals surface area contributed by atoms with Gasteiger partial charge in [0.15, 0.2) is 5.71 Å². The number of phenols is 1. The van der Waals surface area contributed by atoms with Crippen molar-refractivity contribution in [3.63, 3.8) is 0 Å². The van der Waals surface area contributed by atoms with Crippen LogP contribution in [0.25, 0.3) is 0 Å². The largest absolute Gasteiger partial charge is 0.506 e. The van der Waals surface area contributed by atoms with E-state index in [1.807, 2.05) is 34.7 Å². The lowest BCUT2D eigenvalue weighted by Gasteiger charge is -2.01. The number of benzene rings is 2. The molecule has 5 nitrogen and oxygen atoms in total. The summed E-state index contributed by atoms with van der Waals surface area (Å²) in [4.78, 5) is 11.9. The number of phenolic OH excluding ortho intramolecular Hbond substituents is 1. The maximum Gasteiger partial charge on any atom is 0.276 e. The normalized spacial score (nSPS) is 15.4. The van der Waals surface area contributed by atoms with Gasteiger partial charge in [-0.1, -0.05) is 29.8 Å². The van der Waals surface area contributed by atoms with Gasteiger partial charge in [-0.3, -0.25) is 4.79 Å². The zero-order chi connectivity index (χ0) is 15.7. The van der Waals surface area contributed by atoms with Crippen LogP contribution in [-0.4, -0.2) is 22.9 Å². The third-order valence-electron chi connectivity index (χ3n) is 3.06. The van der Waals surface area contributed by atoms with Gasteiger partial charge in [0.1, 0.15) is 5.75 Å². The average molecular weight is 426 g/mol. The van der Waals surface area contributed by atoms with E-state index in [4.69, 9.17) is 11.6 Å². The summed E-state index contributed by atoms with van der Waals surface area (Å²) < 4.78 is 0.614. The van der Waals surface area contributed by atoms with Crippen molar-refractivity contribution in [2.75, 3.05) is 5.32 Å². The molecule has 2 aromatic rings. The molecule has 1 heterocycles. The Morgan fingerprint density at radius 2 is 2.05 bits per heavy atom. The highest BCUT2D eigenvalue weighted by molar-refractivity contribution is 14.1. The number of hydrogen-bond donors (Lipinski definition) is 2. The molecule has 0 bridgehead atoms. The molecular formula is C15H9ClIN3O2. The number of carbonyl (C=O) groups excluding carboxylic acids is 1. The second kappa shape index (κ2) is 6.05. The number of nitrogens with zero attached hydrogens (tertiary/aromatic N) is 2. The number of amides is 1. The van der Waals surface area contributed by atoms with Gasteiger partial charge in [-0.05, 0) is 40.8 Å². The van der Waals surface area contributed by atoms with Gasteiger partial charge >= 0.3 is 0 Å². The molecule has 1 amide bonds. The van der Waals surface area contributed by atoms with Crippen molar-refractivity contribution in [2.24, 2.45) is 10.2 Å². The molecule has 0 radical (unpaired) electrons. The van der Waals surface area contributed by atoms with E-state index < -0.39 is 0 Å². The summed E-state index contributed by atoms with van der Waals surface area (Å²) in [6.45, 7) is 0. The fourth-order valence-corrected chi connectivity index (χ4v) is 3.09. The third kappa shape index (κ3) is 2.84. The van der Waals surface area contributed by atoms with E-state index in [-0.39, 0.29) is 17.4 Å². The molecule has 3 rings (SSSR count). The monoisotopic (exact) mass is 425 g/mol. The van der Waals surface area contributed by atoms with Gasteiger partial charge in [0.25, 0.3) is 5.91 Å². The first kappa shape index (κ1) is 15.0. The number of rotatable bonds is 2. The van der Waals surface area contributed by atoms with Crippen LogP contribution in [0.15, 0.2) is 46.6 Å². The summed E-state index contributed by atoms with van der Waals surface area (Å²) in [5, 5.41) is 21.0. The van der Waals surface area contributed by atoms with Crippen molar-refractivity contribution in [3.8, 4) is 5.75 Å². The number of hydrogen-bond acceptors (Lipinski definition) is 4. The highest BCUT2D eigenvalue weighted by Crippen LogP contribution is 2.27. The highest BCUT2D eigenvalue weighted by Gasteiger charge is 2.25. The molecule has 0 spiro atoms. The maximum atomic E-state index is 11.9. The smallest absolute Gasteiger partial charge is 0.276 e. The van der Waals surface area contributed by atoms with Crippen molar-refractivity contribution < 1.29 is 9.90 Å². The topological polar surface area (TPSA) is 74.0 Å². The van der Waals surface area contributed by atoms with Gasteiger partial charge in [0.05, 0.1) is 15.5 Å². The van der Waals surface area contributed by atoms with Gasteiger partial charge in [-0.15, -0.1) is 5.10 Å². The fraction of sp³-hybridized carbons (Fsp3) is 0. The summed E-state index contributed by atoms with van der Waals surface area (Å²) in [6.07, 6.45) is 1.37. The second-order valence-corrected chi connectivity index (χ2v) is 6.12. The van der Waals surface area contributed by atoms with Crippen molar-refractivity contribution in [2.45, 2.75) is 0 Å². The maximum absolute atomic E-state index is 11.9. The Morgan fingerprint density at radius 3 is 2.86 bits per heavy atom. The van der Waals surface area contributed by atoms with Crippen LogP contribution in [0, 0.1) is 3.57 Å². The molecule has 110 valence electrons. The van der Waals surface area contributed by atoms with Crippen LogP contribution in [0.3, 0.4) is 0 Å². The van der Waals surface area contributed by atoms with Crippen LogP contribution in [-0.2, 0) is 4.79 Å². The van der Waals surface area contributed by atoms with E-state index in [2.05, 4.69) is 15.5 Å². The van der Waals surface area contributed by atoms with Crippen LogP contribution < -0.4 is 5.32 Å². The lowest BCUT2D eigenvalue weighted by molar-refractivity contribution is -0.110. The molecule has 0 unspecified atom stereocenters. The molecule has 2 N–H and O–H groups in total.